The van der Waals surface area contributed by atoms with Crippen LogP contribution in [0, 0.1) is 12.7 Å². The number of nitrogens with zero attached hydrogens (tertiary/aromatic N) is 7. The van der Waals surface area contributed by atoms with Crippen LogP contribution in [0.4, 0.5) is 10.1 Å². The van der Waals surface area contributed by atoms with Crippen molar-refractivity contribution in [3.05, 3.63) is 87.7 Å². The highest BCUT2D eigenvalue weighted by molar-refractivity contribution is 7.18. The zero-order valence-corrected chi connectivity index (χ0v) is 23.1. The summed E-state index contributed by atoms with van der Waals surface area (Å²) in [6, 6.07) is 7.96. The number of pyridine rings is 2. The van der Waals surface area contributed by atoms with Crippen molar-refractivity contribution in [3.8, 4) is 5.82 Å². The minimum atomic E-state index is -0.321. The topological polar surface area (TPSA) is 98.9 Å². The van der Waals surface area contributed by atoms with Crippen molar-refractivity contribution < 1.29 is 13.9 Å². The first-order valence-corrected chi connectivity index (χ1v) is 13.3. The molecule has 1 aromatic carbocycles. The molecular formula is C27H25ClFN7O2S. The molecule has 0 aliphatic carbocycles. The number of ketones is 1. The Hall–Kier alpha value is -3.80. The van der Waals surface area contributed by atoms with E-state index < -0.39 is 0 Å². The molecule has 0 saturated carbocycles. The lowest BCUT2D eigenvalue weighted by molar-refractivity contribution is -0.117. The van der Waals surface area contributed by atoms with Crippen molar-refractivity contribution in [1.29, 1.82) is 0 Å². The van der Waals surface area contributed by atoms with E-state index in [2.05, 4.69) is 20.2 Å². The van der Waals surface area contributed by atoms with Crippen molar-refractivity contribution in [2.75, 3.05) is 25.6 Å². The predicted octanol–water partition coefficient (Wildman–Crippen LogP) is 4.95. The highest BCUT2D eigenvalue weighted by Gasteiger charge is 2.22. The molecule has 0 fully saturated rings. The molecule has 0 aliphatic rings. The number of ether oxygens (including phenoxy) is 1. The van der Waals surface area contributed by atoms with Crippen molar-refractivity contribution in [3.63, 3.8) is 0 Å². The maximum Gasteiger partial charge on any atom is 0.193 e. The molecule has 0 saturated heterocycles. The highest BCUT2D eigenvalue weighted by Crippen LogP contribution is 2.33. The van der Waals surface area contributed by atoms with E-state index in [0.717, 1.165) is 32.2 Å². The van der Waals surface area contributed by atoms with E-state index in [1.54, 1.807) is 37.7 Å². The number of Topliss-reactive ketones (excluding diaryl/α,β-unsaturated/α-hetero) is 1. The number of hydrogen-bond acceptors (Lipinski definition) is 9. The van der Waals surface area contributed by atoms with E-state index in [1.807, 2.05) is 18.9 Å². The number of hydrogen-bond donors (Lipinski definition) is 0. The summed E-state index contributed by atoms with van der Waals surface area (Å²) in [5.74, 6) is 0.0623. The number of aromatic nitrogens is 6. The van der Waals surface area contributed by atoms with Crippen LogP contribution < -0.4 is 4.90 Å². The molecule has 4 heterocycles. The molecule has 5 rings (SSSR count). The third kappa shape index (κ3) is 5.95. The molecule has 5 aromatic rings. The number of methoxy groups -OCH3 is 1. The van der Waals surface area contributed by atoms with Gasteiger partial charge in [0.25, 0.3) is 0 Å². The molecule has 0 radical (unpaired) electrons. The molecule has 1 atom stereocenters. The SMILES string of the molecule is COC(CN(C)c1c(CC(=O)Cc2cnc(-n3nccn3)c(Cl)c2)cnc2sc(C)nc12)c1ccc(F)cc1. The van der Waals surface area contributed by atoms with Gasteiger partial charge in [-0.3, -0.25) is 4.79 Å². The summed E-state index contributed by atoms with van der Waals surface area (Å²) in [5, 5.41) is 9.32. The summed E-state index contributed by atoms with van der Waals surface area (Å²) >= 11 is 7.89. The van der Waals surface area contributed by atoms with Gasteiger partial charge < -0.3 is 9.64 Å². The van der Waals surface area contributed by atoms with Gasteiger partial charge in [0, 0.05) is 51.5 Å². The molecule has 9 nitrogen and oxygen atoms in total. The lowest BCUT2D eigenvalue weighted by Crippen LogP contribution is -2.27. The molecule has 200 valence electrons. The number of likely N-dealkylation sites (N-methyl/N-ethyl adjacent to an activating group) is 1. The Labute approximate surface area is 233 Å². The number of rotatable bonds is 10. The number of aryl methyl sites for hydroxylation is 1. The van der Waals surface area contributed by atoms with E-state index in [1.165, 1.54) is 40.7 Å². The molecule has 39 heavy (non-hydrogen) atoms. The Morgan fingerprint density at radius 2 is 1.90 bits per heavy atom. The molecule has 0 bridgehead atoms. The standard InChI is InChI=1S/C27H25ClFN7O2S/c1-16-34-24-25(35(2)15-23(38-3)18-4-6-20(29)7-5-18)19(14-31-27(24)39-16)12-21(37)10-17-11-22(28)26(30-13-17)36-32-8-9-33-36/h4-9,11,13-14,23H,10,12,15H2,1-3H3. The van der Waals surface area contributed by atoms with Crippen molar-refractivity contribution in [1.82, 2.24) is 29.9 Å². The lowest BCUT2D eigenvalue weighted by atomic mass is 10.0. The summed E-state index contributed by atoms with van der Waals surface area (Å²) in [5.41, 5.74) is 3.84. The van der Waals surface area contributed by atoms with Crippen molar-refractivity contribution in [2.45, 2.75) is 25.9 Å². The number of anilines is 1. The fraction of sp³-hybridized carbons (Fsp3) is 0.259. The Morgan fingerprint density at radius 1 is 1.15 bits per heavy atom. The van der Waals surface area contributed by atoms with Crippen LogP contribution in [0.3, 0.4) is 0 Å². The zero-order chi connectivity index (χ0) is 27.5. The van der Waals surface area contributed by atoms with Crippen molar-refractivity contribution >= 4 is 44.8 Å². The number of carbonyl (C=O) groups excluding carboxylic acids is 1. The molecular weight excluding hydrogens is 541 g/mol. The number of fused-ring (bicyclic) bond motifs is 1. The Balaban J connectivity index is 1.39. The summed E-state index contributed by atoms with van der Waals surface area (Å²) in [6.45, 7) is 2.39. The minimum Gasteiger partial charge on any atom is -0.375 e. The third-order valence-electron chi connectivity index (χ3n) is 6.21. The van der Waals surface area contributed by atoms with Crippen LogP contribution >= 0.6 is 22.9 Å². The van der Waals surface area contributed by atoms with Gasteiger partial charge in [0.05, 0.1) is 34.2 Å². The number of carbonyl (C=O) groups is 1. The first-order chi connectivity index (χ1) is 18.8. The first kappa shape index (κ1) is 26.8. The van der Waals surface area contributed by atoms with Crippen LogP contribution in [0.15, 0.2) is 55.1 Å². The Morgan fingerprint density at radius 3 is 2.59 bits per heavy atom. The van der Waals surface area contributed by atoms with Crippen LogP contribution in [0.25, 0.3) is 16.2 Å². The number of benzene rings is 1. The van der Waals surface area contributed by atoms with Gasteiger partial charge in [0.15, 0.2) is 5.82 Å². The maximum absolute atomic E-state index is 13.5. The van der Waals surface area contributed by atoms with Gasteiger partial charge in [-0.25, -0.2) is 19.3 Å². The normalized spacial score (nSPS) is 12.1. The summed E-state index contributed by atoms with van der Waals surface area (Å²) in [7, 11) is 3.55. The number of halogens is 2. The smallest absolute Gasteiger partial charge is 0.193 e. The third-order valence-corrected chi connectivity index (χ3v) is 7.36. The van der Waals surface area contributed by atoms with Gasteiger partial charge in [-0.1, -0.05) is 35.1 Å². The van der Waals surface area contributed by atoms with Gasteiger partial charge in [0.2, 0.25) is 0 Å². The van der Waals surface area contributed by atoms with Crippen LogP contribution in [-0.2, 0) is 22.4 Å². The lowest BCUT2D eigenvalue weighted by Gasteiger charge is -2.27. The van der Waals surface area contributed by atoms with E-state index in [9.17, 15) is 9.18 Å². The number of thiazole rings is 1. The summed E-state index contributed by atoms with van der Waals surface area (Å²) in [4.78, 5) is 31.0. The molecule has 12 heteroatoms. The summed E-state index contributed by atoms with van der Waals surface area (Å²) < 4.78 is 19.2. The summed E-state index contributed by atoms with van der Waals surface area (Å²) in [6.07, 6.45) is 6.38. The zero-order valence-electron chi connectivity index (χ0n) is 21.5. The second kappa shape index (κ2) is 11.5. The Kier molecular flexibility index (Phi) is 7.92. The van der Waals surface area contributed by atoms with Crippen LogP contribution in [0.2, 0.25) is 5.02 Å². The minimum absolute atomic E-state index is 0.0255. The van der Waals surface area contributed by atoms with E-state index in [4.69, 9.17) is 21.3 Å². The fourth-order valence-corrected chi connectivity index (χ4v) is 5.46. The van der Waals surface area contributed by atoms with Gasteiger partial charge in [-0.15, -0.1) is 4.80 Å². The second-order valence-electron chi connectivity index (χ2n) is 9.03. The largest absolute Gasteiger partial charge is 0.375 e. The van der Waals surface area contributed by atoms with Crippen LogP contribution in [0.1, 0.15) is 27.8 Å². The Bertz CT molecular complexity index is 1610. The molecule has 4 aromatic heterocycles. The van der Waals surface area contributed by atoms with Crippen LogP contribution in [-0.4, -0.2) is 56.4 Å². The second-order valence-corrected chi connectivity index (χ2v) is 10.6. The molecule has 0 aliphatic heterocycles. The van der Waals surface area contributed by atoms with Gasteiger partial charge in [0.1, 0.15) is 21.9 Å². The molecule has 0 amide bonds. The van der Waals surface area contributed by atoms with E-state index in [0.29, 0.717) is 22.9 Å². The maximum atomic E-state index is 13.5. The van der Waals surface area contributed by atoms with Gasteiger partial charge in [-0.05, 0) is 36.2 Å². The van der Waals surface area contributed by atoms with E-state index in [-0.39, 0.29) is 30.5 Å². The van der Waals surface area contributed by atoms with Crippen molar-refractivity contribution in [2.24, 2.45) is 0 Å². The van der Waals surface area contributed by atoms with Crippen LogP contribution in [0.5, 0.6) is 0 Å². The first-order valence-electron chi connectivity index (χ1n) is 12.1. The monoisotopic (exact) mass is 565 g/mol. The molecule has 0 N–H and O–H groups in total. The predicted molar refractivity (Wildman–Crippen MR) is 148 cm³/mol. The van der Waals surface area contributed by atoms with Gasteiger partial charge in [-0.2, -0.15) is 10.2 Å². The molecule has 1 unspecified atom stereocenters. The average Bonchev–Trinajstić information content (AvgIpc) is 3.57. The highest BCUT2D eigenvalue weighted by atomic mass is 35.5. The van der Waals surface area contributed by atoms with E-state index >= 15 is 0 Å². The van der Waals surface area contributed by atoms with Gasteiger partial charge >= 0.3 is 0 Å². The average molecular weight is 566 g/mol. The molecule has 0 spiro atoms. The quantitative estimate of drug-likeness (QED) is 0.235. The fourth-order valence-electron chi connectivity index (χ4n) is 4.44.